The molecule has 1 unspecified atom stereocenters. The Morgan fingerprint density at radius 1 is 1.39 bits per heavy atom. The molecule has 1 aromatic carbocycles. The van der Waals surface area contributed by atoms with E-state index < -0.39 is 15.7 Å². The highest BCUT2D eigenvalue weighted by Gasteiger charge is 2.25. The molecule has 2 N–H and O–H groups in total. The van der Waals surface area contributed by atoms with E-state index in [0.29, 0.717) is 6.61 Å². The van der Waals surface area contributed by atoms with Gasteiger partial charge in [0, 0.05) is 6.61 Å². The van der Waals surface area contributed by atoms with Crippen molar-refractivity contribution in [2.75, 3.05) is 18.1 Å². The van der Waals surface area contributed by atoms with Gasteiger partial charge >= 0.3 is 0 Å². The molecule has 2 rings (SSSR count). The predicted molar refractivity (Wildman–Crippen MR) is 66.5 cm³/mol. The van der Waals surface area contributed by atoms with Crippen LogP contribution in [0.3, 0.4) is 0 Å². The van der Waals surface area contributed by atoms with E-state index in [2.05, 4.69) is 0 Å². The van der Waals surface area contributed by atoms with E-state index in [1.54, 1.807) is 0 Å². The van der Waals surface area contributed by atoms with Crippen LogP contribution < -0.4 is 5.73 Å². The van der Waals surface area contributed by atoms with Crippen LogP contribution in [0.4, 0.5) is 10.1 Å². The average molecular weight is 273 g/mol. The first kappa shape index (κ1) is 13.3. The molecule has 100 valence electrons. The van der Waals surface area contributed by atoms with Crippen LogP contribution >= 0.6 is 0 Å². The smallest absolute Gasteiger partial charge is 0.182 e. The lowest BCUT2D eigenvalue weighted by Crippen LogP contribution is -2.28. The third-order valence-corrected chi connectivity index (χ3v) is 4.84. The first-order chi connectivity index (χ1) is 8.49. The summed E-state index contributed by atoms with van der Waals surface area (Å²) in [7, 11) is -3.52. The Labute approximate surface area is 106 Å². The van der Waals surface area contributed by atoms with E-state index in [-0.39, 0.29) is 22.4 Å². The maximum atomic E-state index is 12.9. The second-order valence-electron chi connectivity index (χ2n) is 4.45. The third-order valence-electron chi connectivity index (χ3n) is 2.99. The van der Waals surface area contributed by atoms with Crippen molar-refractivity contribution in [3.63, 3.8) is 0 Å². The molecule has 0 aliphatic carbocycles. The molecule has 1 fully saturated rings. The van der Waals surface area contributed by atoms with Crippen LogP contribution in [0.25, 0.3) is 0 Å². The molecule has 0 radical (unpaired) electrons. The van der Waals surface area contributed by atoms with Crippen LogP contribution in [-0.4, -0.2) is 26.9 Å². The Morgan fingerprint density at radius 2 is 2.17 bits per heavy atom. The van der Waals surface area contributed by atoms with Gasteiger partial charge < -0.3 is 10.5 Å². The van der Waals surface area contributed by atoms with Crippen LogP contribution in [-0.2, 0) is 14.6 Å². The summed E-state index contributed by atoms with van der Waals surface area (Å²) < 4.78 is 42.6. The summed E-state index contributed by atoms with van der Waals surface area (Å²) in [5.41, 5.74) is 5.50. The average Bonchev–Trinajstić information content (AvgIpc) is 2.29. The van der Waals surface area contributed by atoms with E-state index in [9.17, 15) is 12.8 Å². The summed E-state index contributed by atoms with van der Waals surface area (Å²) in [6, 6.07) is 3.34. The number of anilines is 1. The summed E-state index contributed by atoms with van der Waals surface area (Å²) in [6.45, 7) is 0.596. The molecule has 1 aliphatic rings. The minimum absolute atomic E-state index is 0.0157. The van der Waals surface area contributed by atoms with Crippen LogP contribution in [0, 0.1) is 5.82 Å². The number of rotatable bonds is 3. The van der Waals surface area contributed by atoms with Crippen molar-refractivity contribution in [3.8, 4) is 0 Å². The Balaban J connectivity index is 2.19. The number of sulfone groups is 1. The van der Waals surface area contributed by atoms with Gasteiger partial charge in [0.2, 0.25) is 0 Å². The summed E-state index contributed by atoms with van der Waals surface area (Å²) in [4.78, 5) is -0.0157. The zero-order chi connectivity index (χ0) is 13.2. The van der Waals surface area contributed by atoms with Crippen LogP contribution in [0.5, 0.6) is 0 Å². The van der Waals surface area contributed by atoms with Crippen molar-refractivity contribution in [1.29, 1.82) is 0 Å². The molecule has 0 spiro atoms. The highest BCUT2D eigenvalue weighted by Crippen LogP contribution is 2.23. The number of hydrogen-bond acceptors (Lipinski definition) is 4. The SMILES string of the molecule is Nc1cc(F)ccc1S(=O)(=O)CC1CCCCO1. The molecular weight excluding hydrogens is 257 g/mol. The molecule has 1 aliphatic heterocycles. The number of ether oxygens (including phenoxy) is 1. The minimum Gasteiger partial charge on any atom is -0.398 e. The Hall–Kier alpha value is -1.14. The summed E-state index contributed by atoms with van der Waals surface area (Å²) in [6.07, 6.45) is 2.39. The lowest BCUT2D eigenvalue weighted by molar-refractivity contribution is 0.0305. The number of hydrogen-bond donors (Lipinski definition) is 1. The van der Waals surface area contributed by atoms with E-state index in [4.69, 9.17) is 10.5 Å². The molecule has 1 atom stereocenters. The van der Waals surface area contributed by atoms with E-state index >= 15 is 0 Å². The molecule has 1 aromatic rings. The highest BCUT2D eigenvalue weighted by atomic mass is 32.2. The van der Waals surface area contributed by atoms with Gasteiger partial charge in [0.1, 0.15) is 5.82 Å². The molecule has 0 bridgehead atoms. The van der Waals surface area contributed by atoms with E-state index in [0.717, 1.165) is 31.4 Å². The maximum Gasteiger partial charge on any atom is 0.182 e. The standard InChI is InChI=1S/C12H16FNO3S/c13-9-4-5-12(11(14)7-9)18(15,16)8-10-3-1-2-6-17-10/h4-5,7,10H,1-3,6,8,14H2. The van der Waals surface area contributed by atoms with Crippen LogP contribution in [0.15, 0.2) is 23.1 Å². The second kappa shape index (κ2) is 5.24. The van der Waals surface area contributed by atoms with Gasteiger partial charge in [-0.1, -0.05) is 0 Å². The monoisotopic (exact) mass is 273 g/mol. The van der Waals surface area contributed by atoms with Gasteiger partial charge in [-0.25, -0.2) is 12.8 Å². The normalized spacial score (nSPS) is 20.8. The number of halogens is 1. The molecule has 1 heterocycles. The minimum atomic E-state index is -3.52. The summed E-state index contributed by atoms with van der Waals surface area (Å²) in [5, 5.41) is 0. The van der Waals surface area contributed by atoms with Gasteiger partial charge in [0.25, 0.3) is 0 Å². The fourth-order valence-corrected chi connectivity index (χ4v) is 3.70. The molecule has 0 saturated carbocycles. The second-order valence-corrected chi connectivity index (χ2v) is 6.45. The Morgan fingerprint density at radius 3 is 2.78 bits per heavy atom. The van der Waals surface area contributed by atoms with Crippen molar-refractivity contribution < 1.29 is 17.5 Å². The molecule has 0 aromatic heterocycles. The van der Waals surface area contributed by atoms with E-state index in [1.807, 2.05) is 0 Å². The summed E-state index contributed by atoms with van der Waals surface area (Å²) >= 11 is 0. The van der Waals surface area contributed by atoms with Gasteiger partial charge in [-0.3, -0.25) is 0 Å². The largest absolute Gasteiger partial charge is 0.398 e. The van der Waals surface area contributed by atoms with Crippen molar-refractivity contribution in [2.45, 2.75) is 30.3 Å². The van der Waals surface area contributed by atoms with Crippen LogP contribution in [0.1, 0.15) is 19.3 Å². The topological polar surface area (TPSA) is 69.4 Å². The van der Waals surface area contributed by atoms with Crippen molar-refractivity contribution >= 4 is 15.5 Å². The zero-order valence-corrected chi connectivity index (χ0v) is 10.7. The molecule has 4 nitrogen and oxygen atoms in total. The zero-order valence-electron chi connectivity index (χ0n) is 9.93. The molecular formula is C12H16FNO3S. The lowest BCUT2D eigenvalue weighted by atomic mass is 10.1. The van der Waals surface area contributed by atoms with Gasteiger partial charge in [-0.2, -0.15) is 0 Å². The van der Waals surface area contributed by atoms with Crippen molar-refractivity contribution in [1.82, 2.24) is 0 Å². The Kier molecular flexibility index (Phi) is 3.87. The van der Waals surface area contributed by atoms with Crippen LogP contribution in [0.2, 0.25) is 0 Å². The first-order valence-corrected chi connectivity index (χ1v) is 7.53. The molecule has 1 saturated heterocycles. The number of nitrogen functional groups attached to an aromatic ring is 1. The lowest BCUT2D eigenvalue weighted by Gasteiger charge is -2.22. The van der Waals surface area contributed by atoms with Gasteiger partial charge in [0.05, 0.1) is 22.4 Å². The summed E-state index contributed by atoms with van der Waals surface area (Å²) in [5.74, 6) is -0.636. The maximum absolute atomic E-state index is 12.9. The third kappa shape index (κ3) is 3.00. The highest BCUT2D eigenvalue weighted by molar-refractivity contribution is 7.91. The number of benzene rings is 1. The fraction of sp³-hybridized carbons (Fsp3) is 0.500. The molecule has 0 amide bonds. The first-order valence-electron chi connectivity index (χ1n) is 5.88. The molecule has 6 heteroatoms. The quantitative estimate of drug-likeness (QED) is 0.673. The molecule has 18 heavy (non-hydrogen) atoms. The van der Waals surface area contributed by atoms with Gasteiger partial charge in [-0.15, -0.1) is 0 Å². The van der Waals surface area contributed by atoms with E-state index in [1.165, 1.54) is 6.07 Å². The van der Waals surface area contributed by atoms with Crippen molar-refractivity contribution in [3.05, 3.63) is 24.0 Å². The Bertz CT molecular complexity index is 524. The van der Waals surface area contributed by atoms with Gasteiger partial charge in [0.15, 0.2) is 9.84 Å². The van der Waals surface area contributed by atoms with Crippen molar-refractivity contribution in [2.24, 2.45) is 0 Å². The predicted octanol–water partition coefficient (Wildman–Crippen LogP) is 1.75. The van der Waals surface area contributed by atoms with Gasteiger partial charge in [-0.05, 0) is 37.5 Å². The number of nitrogens with two attached hydrogens (primary N) is 1. The fourth-order valence-electron chi connectivity index (χ4n) is 2.08.